The van der Waals surface area contributed by atoms with Crippen LogP contribution in [0.25, 0.3) is 0 Å². The van der Waals surface area contributed by atoms with Gasteiger partial charge in [0.15, 0.2) is 0 Å². The fraction of sp³-hybridized carbons (Fsp3) is 1.00. The third-order valence-corrected chi connectivity index (χ3v) is 2.34. The van der Waals surface area contributed by atoms with E-state index in [-0.39, 0.29) is 12.6 Å². The second kappa shape index (κ2) is 3.66. The van der Waals surface area contributed by atoms with Crippen molar-refractivity contribution in [2.75, 3.05) is 13.1 Å². The Bertz CT molecular complexity index is 140. The third-order valence-electron chi connectivity index (χ3n) is 2.34. The minimum absolute atomic E-state index is 0.173. The van der Waals surface area contributed by atoms with Crippen molar-refractivity contribution in [1.82, 2.24) is 4.90 Å². The lowest BCUT2D eigenvalue weighted by atomic mass is 10.0. The maximum Gasteiger partial charge on any atom is 0.149 e. The quantitative estimate of drug-likeness (QED) is 0.641. The van der Waals surface area contributed by atoms with E-state index in [9.17, 15) is 8.78 Å². The van der Waals surface area contributed by atoms with Crippen LogP contribution in [-0.2, 0) is 0 Å². The molecular weight excluding hydrogens is 162 g/mol. The van der Waals surface area contributed by atoms with Gasteiger partial charge in [-0.05, 0) is 13.8 Å². The summed E-state index contributed by atoms with van der Waals surface area (Å²) >= 11 is 0. The molecule has 1 heterocycles. The van der Waals surface area contributed by atoms with E-state index in [0.29, 0.717) is 6.54 Å². The SMILES string of the molecule is CC(C)N1CC(N)C(F)C(F)C1. The van der Waals surface area contributed by atoms with Gasteiger partial charge in [-0.1, -0.05) is 0 Å². The van der Waals surface area contributed by atoms with Crippen molar-refractivity contribution >= 4 is 0 Å². The summed E-state index contributed by atoms with van der Waals surface area (Å²) in [5.74, 6) is 0. The van der Waals surface area contributed by atoms with Crippen molar-refractivity contribution in [2.45, 2.75) is 38.3 Å². The van der Waals surface area contributed by atoms with Crippen molar-refractivity contribution in [3.05, 3.63) is 0 Å². The van der Waals surface area contributed by atoms with Gasteiger partial charge < -0.3 is 5.73 Å². The average molecular weight is 178 g/mol. The molecule has 1 aliphatic rings. The van der Waals surface area contributed by atoms with E-state index in [1.165, 1.54) is 0 Å². The van der Waals surface area contributed by atoms with E-state index < -0.39 is 18.4 Å². The molecule has 1 rings (SSSR count). The Morgan fingerprint density at radius 2 is 1.92 bits per heavy atom. The van der Waals surface area contributed by atoms with Gasteiger partial charge >= 0.3 is 0 Å². The standard InChI is InChI=1S/C8H16F2N2/c1-5(2)12-3-6(9)8(10)7(11)4-12/h5-8H,3-4,11H2,1-2H3. The number of nitrogens with zero attached hydrogens (tertiary/aromatic N) is 1. The summed E-state index contributed by atoms with van der Waals surface area (Å²) in [5, 5.41) is 0. The first-order valence-electron chi connectivity index (χ1n) is 4.30. The van der Waals surface area contributed by atoms with E-state index >= 15 is 0 Å². The predicted octanol–water partition coefficient (Wildman–Crippen LogP) is 0.714. The van der Waals surface area contributed by atoms with Crippen LogP contribution in [0.4, 0.5) is 8.78 Å². The highest BCUT2D eigenvalue weighted by Crippen LogP contribution is 2.17. The van der Waals surface area contributed by atoms with Crippen LogP contribution in [0.2, 0.25) is 0 Å². The molecular formula is C8H16F2N2. The number of nitrogens with two attached hydrogens (primary N) is 1. The molecule has 12 heavy (non-hydrogen) atoms. The van der Waals surface area contributed by atoms with Crippen molar-refractivity contribution in [2.24, 2.45) is 5.73 Å². The van der Waals surface area contributed by atoms with Crippen LogP contribution in [0.5, 0.6) is 0 Å². The fourth-order valence-corrected chi connectivity index (χ4v) is 1.46. The van der Waals surface area contributed by atoms with Crippen LogP contribution >= 0.6 is 0 Å². The number of alkyl halides is 2. The first-order chi connectivity index (χ1) is 5.52. The topological polar surface area (TPSA) is 29.3 Å². The van der Waals surface area contributed by atoms with Crippen LogP contribution in [0.1, 0.15) is 13.8 Å². The van der Waals surface area contributed by atoms with Gasteiger partial charge in [-0.25, -0.2) is 8.78 Å². The van der Waals surface area contributed by atoms with E-state index in [4.69, 9.17) is 5.73 Å². The minimum Gasteiger partial charge on any atom is -0.324 e. The smallest absolute Gasteiger partial charge is 0.149 e. The van der Waals surface area contributed by atoms with Gasteiger partial charge in [-0.15, -0.1) is 0 Å². The number of hydrogen-bond donors (Lipinski definition) is 1. The summed E-state index contributed by atoms with van der Waals surface area (Å²) in [5.41, 5.74) is 5.44. The number of likely N-dealkylation sites (tertiary alicyclic amines) is 1. The van der Waals surface area contributed by atoms with Gasteiger partial charge in [0.25, 0.3) is 0 Å². The Balaban J connectivity index is 2.53. The molecule has 0 aliphatic carbocycles. The van der Waals surface area contributed by atoms with Crippen molar-refractivity contribution in [3.8, 4) is 0 Å². The third kappa shape index (κ3) is 1.93. The van der Waals surface area contributed by atoms with Crippen molar-refractivity contribution in [1.29, 1.82) is 0 Å². The van der Waals surface area contributed by atoms with E-state index in [0.717, 1.165) is 0 Å². The monoisotopic (exact) mass is 178 g/mol. The number of rotatable bonds is 1. The zero-order valence-corrected chi connectivity index (χ0v) is 7.50. The first kappa shape index (κ1) is 9.86. The Morgan fingerprint density at radius 1 is 1.33 bits per heavy atom. The molecule has 1 saturated heterocycles. The summed E-state index contributed by atoms with van der Waals surface area (Å²) in [7, 11) is 0. The molecule has 1 aliphatic heterocycles. The molecule has 0 amide bonds. The van der Waals surface area contributed by atoms with Gasteiger partial charge in [0.2, 0.25) is 0 Å². The highest BCUT2D eigenvalue weighted by atomic mass is 19.2. The summed E-state index contributed by atoms with van der Waals surface area (Å²) in [4.78, 5) is 1.87. The minimum atomic E-state index is -1.49. The van der Waals surface area contributed by atoms with Crippen LogP contribution in [0, 0.1) is 0 Å². The molecule has 3 unspecified atom stereocenters. The lowest BCUT2D eigenvalue weighted by molar-refractivity contribution is 0.0289. The Hall–Kier alpha value is -0.220. The molecule has 0 aromatic rings. The van der Waals surface area contributed by atoms with Crippen molar-refractivity contribution < 1.29 is 8.78 Å². The van der Waals surface area contributed by atoms with E-state index in [1.807, 2.05) is 18.7 Å². The van der Waals surface area contributed by atoms with Crippen LogP contribution in [-0.4, -0.2) is 42.4 Å². The molecule has 0 aromatic carbocycles. The average Bonchev–Trinajstić information content (AvgIpc) is 1.99. The second-order valence-corrected chi connectivity index (χ2v) is 3.67. The molecule has 0 aromatic heterocycles. The molecule has 0 radical (unpaired) electrons. The van der Waals surface area contributed by atoms with Crippen molar-refractivity contribution in [3.63, 3.8) is 0 Å². The second-order valence-electron chi connectivity index (χ2n) is 3.67. The maximum absolute atomic E-state index is 12.9. The summed E-state index contributed by atoms with van der Waals surface area (Å²) in [6.07, 6.45) is -2.91. The summed E-state index contributed by atoms with van der Waals surface area (Å²) in [6, 6.07) is -0.432. The Labute approximate surface area is 71.7 Å². The maximum atomic E-state index is 12.9. The zero-order valence-electron chi connectivity index (χ0n) is 7.50. The predicted molar refractivity (Wildman–Crippen MR) is 44.5 cm³/mol. The van der Waals surface area contributed by atoms with Gasteiger partial charge in [-0.3, -0.25) is 4.90 Å². The number of hydrogen-bond acceptors (Lipinski definition) is 2. The largest absolute Gasteiger partial charge is 0.324 e. The van der Waals surface area contributed by atoms with Gasteiger partial charge in [-0.2, -0.15) is 0 Å². The van der Waals surface area contributed by atoms with E-state index in [1.54, 1.807) is 0 Å². The van der Waals surface area contributed by atoms with Crippen LogP contribution < -0.4 is 5.73 Å². The van der Waals surface area contributed by atoms with Gasteiger partial charge in [0.05, 0.1) is 6.04 Å². The molecule has 0 saturated carbocycles. The first-order valence-corrected chi connectivity index (χ1v) is 4.30. The summed E-state index contributed by atoms with van der Waals surface area (Å²) in [6.45, 7) is 4.54. The molecule has 2 N–H and O–H groups in total. The lowest BCUT2D eigenvalue weighted by Crippen LogP contribution is -2.57. The Kier molecular flexibility index (Phi) is 3.01. The fourth-order valence-electron chi connectivity index (χ4n) is 1.46. The summed E-state index contributed by atoms with van der Waals surface area (Å²) < 4.78 is 25.8. The normalized spacial score (nSPS) is 39.0. The molecule has 0 spiro atoms. The lowest BCUT2D eigenvalue weighted by Gasteiger charge is -2.37. The molecule has 2 nitrogen and oxygen atoms in total. The Morgan fingerprint density at radius 3 is 2.33 bits per heavy atom. The molecule has 72 valence electrons. The molecule has 4 heteroatoms. The van der Waals surface area contributed by atoms with Gasteiger partial charge in [0.1, 0.15) is 12.3 Å². The zero-order chi connectivity index (χ0) is 9.30. The van der Waals surface area contributed by atoms with Crippen LogP contribution in [0.3, 0.4) is 0 Å². The molecule has 1 fully saturated rings. The highest BCUT2D eigenvalue weighted by Gasteiger charge is 2.35. The van der Waals surface area contributed by atoms with Gasteiger partial charge in [0, 0.05) is 19.1 Å². The highest BCUT2D eigenvalue weighted by molar-refractivity contribution is 4.90. The number of halogens is 2. The van der Waals surface area contributed by atoms with E-state index in [2.05, 4.69) is 0 Å². The number of piperidine rings is 1. The molecule has 3 atom stereocenters. The van der Waals surface area contributed by atoms with Crippen LogP contribution in [0.15, 0.2) is 0 Å². The molecule has 0 bridgehead atoms.